The summed E-state index contributed by atoms with van der Waals surface area (Å²) in [5, 5.41) is 0. The van der Waals surface area contributed by atoms with Crippen molar-refractivity contribution in [2.75, 3.05) is 19.8 Å². The molecule has 0 amide bonds. The molecule has 0 spiro atoms. The molecule has 1 heterocycles. The van der Waals surface area contributed by atoms with E-state index in [9.17, 15) is 21.6 Å². The number of ether oxygens (including phenoxy) is 2. The number of alkyl halides is 3. The highest BCUT2D eigenvalue weighted by molar-refractivity contribution is 7.87. The molecule has 9 heteroatoms. The Bertz CT molecular complexity index is 584. The first-order valence-corrected chi connectivity index (χ1v) is 14.9. The highest BCUT2D eigenvalue weighted by atomic mass is 32.2. The maximum atomic E-state index is 12.3. The lowest BCUT2D eigenvalue weighted by Gasteiger charge is -2.15. The highest BCUT2D eigenvalue weighted by Gasteiger charge is 2.47. The number of unbranched alkanes of at least 4 members (excludes halogenated alkanes) is 15. The van der Waals surface area contributed by atoms with Crippen LogP contribution in [0.3, 0.4) is 0 Å². The van der Waals surface area contributed by atoms with Crippen molar-refractivity contribution in [1.82, 2.24) is 0 Å². The maximum absolute atomic E-state index is 12.3. The smallest absolute Gasteiger partial charge is 0.379 e. The van der Waals surface area contributed by atoms with Gasteiger partial charge in [0.2, 0.25) is 0 Å². The zero-order valence-electron chi connectivity index (χ0n) is 21.1. The van der Waals surface area contributed by atoms with Crippen LogP contribution in [0.2, 0.25) is 0 Å². The van der Waals surface area contributed by atoms with E-state index in [0.29, 0.717) is 26.1 Å². The molecule has 0 bridgehead atoms. The molecule has 1 saturated heterocycles. The molecule has 0 radical (unpaired) electrons. The lowest BCUT2D eigenvalue weighted by Crippen LogP contribution is -2.29. The zero-order valence-corrected chi connectivity index (χ0v) is 21.9. The summed E-state index contributed by atoms with van der Waals surface area (Å²) in [4.78, 5) is 0. The monoisotopic (exact) mass is 516 g/mol. The normalized spacial score (nSPS) is 19.2. The molecule has 5 nitrogen and oxygen atoms in total. The average molecular weight is 517 g/mol. The predicted molar refractivity (Wildman–Crippen MR) is 129 cm³/mol. The van der Waals surface area contributed by atoms with Crippen LogP contribution < -0.4 is 0 Å². The summed E-state index contributed by atoms with van der Waals surface area (Å²) in [6.07, 6.45) is 21.3. The van der Waals surface area contributed by atoms with E-state index in [0.717, 1.165) is 12.8 Å². The molecule has 0 saturated carbocycles. The SMILES string of the molecule is CCCCCCCCCCCCCCCCCCOC[C@@H]1CC[C@@H](COS(=O)(=O)C(F)(F)F)O1. The fourth-order valence-electron chi connectivity index (χ4n) is 4.22. The maximum Gasteiger partial charge on any atom is 0.523 e. The molecule has 0 aromatic heterocycles. The van der Waals surface area contributed by atoms with E-state index in [1.54, 1.807) is 0 Å². The van der Waals surface area contributed by atoms with Crippen molar-refractivity contribution in [3.8, 4) is 0 Å². The molecular formula is C25H47F3O5S. The van der Waals surface area contributed by atoms with Gasteiger partial charge in [-0.05, 0) is 19.3 Å². The van der Waals surface area contributed by atoms with Crippen molar-refractivity contribution in [3.63, 3.8) is 0 Å². The first-order valence-electron chi connectivity index (χ1n) is 13.4. The average Bonchev–Trinajstić information content (AvgIpc) is 3.24. The summed E-state index contributed by atoms with van der Waals surface area (Å²) in [6.45, 7) is 2.66. The molecule has 0 aromatic rings. The molecule has 34 heavy (non-hydrogen) atoms. The van der Waals surface area contributed by atoms with Gasteiger partial charge in [-0.15, -0.1) is 0 Å². The second-order valence-corrected chi connectivity index (χ2v) is 11.1. The Hall–Kier alpha value is -0.380. The molecule has 1 rings (SSSR count). The number of halogens is 3. The molecular weight excluding hydrogens is 469 g/mol. The predicted octanol–water partition coefficient (Wildman–Crippen LogP) is 7.68. The quantitative estimate of drug-likeness (QED) is 0.0839. The van der Waals surface area contributed by atoms with Crippen LogP contribution in [0, 0.1) is 0 Å². The molecule has 1 aliphatic rings. The number of hydrogen-bond acceptors (Lipinski definition) is 5. The molecule has 204 valence electrons. The summed E-state index contributed by atoms with van der Waals surface area (Å²) >= 11 is 0. The Kier molecular flexibility index (Phi) is 17.5. The minimum Gasteiger partial charge on any atom is -0.379 e. The Morgan fingerprint density at radius 2 is 1.12 bits per heavy atom. The standard InChI is InChI=1S/C25H47F3O5S/c1-2-3-4-5-6-7-8-9-10-11-12-13-14-15-16-17-20-31-21-23-18-19-24(33-23)22-32-34(29,30)25(26,27)28/h23-24H,2-22H2,1H3/t23-,24-/m0/s1. The third-order valence-electron chi connectivity index (χ3n) is 6.33. The van der Waals surface area contributed by atoms with Crippen molar-refractivity contribution < 1.29 is 35.2 Å². The molecule has 1 aliphatic heterocycles. The highest BCUT2D eigenvalue weighted by Crippen LogP contribution is 2.27. The van der Waals surface area contributed by atoms with Crippen LogP contribution in [0.5, 0.6) is 0 Å². The van der Waals surface area contributed by atoms with Crippen molar-refractivity contribution in [3.05, 3.63) is 0 Å². The van der Waals surface area contributed by atoms with Crippen molar-refractivity contribution in [1.29, 1.82) is 0 Å². The third kappa shape index (κ3) is 15.6. The second-order valence-electron chi connectivity index (χ2n) is 9.52. The van der Waals surface area contributed by atoms with Gasteiger partial charge in [-0.3, -0.25) is 4.18 Å². The van der Waals surface area contributed by atoms with Gasteiger partial charge in [-0.2, -0.15) is 21.6 Å². The van der Waals surface area contributed by atoms with Crippen molar-refractivity contribution in [2.24, 2.45) is 0 Å². The Labute approximate surface area is 205 Å². The van der Waals surface area contributed by atoms with Gasteiger partial charge >= 0.3 is 15.6 Å². The summed E-state index contributed by atoms with van der Waals surface area (Å²) < 4.78 is 73.8. The number of rotatable bonds is 22. The number of hydrogen-bond donors (Lipinski definition) is 0. The molecule has 0 aliphatic carbocycles. The zero-order chi connectivity index (χ0) is 25.1. The van der Waals surface area contributed by atoms with Crippen LogP contribution in [0.1, 0.15) is 122 Å². The summed E-state index contributed by atoms with van der Waals surface area (Å²) in [7, 11) is -5.56. The van der Waals surface area contributed by atoms with E-state index in [2.05, 4.69) is 11.1 Å². The van der Waals surface area contributed by atoms with Crippen LogP contribution in [0.25, 0.3) is 0 Å². The van der Waals surface area contributed by atoms with Gasteiger partial charge in [0.1, 0.15) is 0 Å². The summed E-state index contributed by atoms with van der Waals surface area (Å²) in [5.41, 5.74) is -5.40. The van der Waals surface area contributed by atoms with E-state index < -0.39 is 28.3 Å². The van der Waals surface area contributed by atoms with E-state index >= 15 is 0 Å². The fourth-order valence-corrected chi connectivity index (χ4v) is 4.69. The first-order chi connectivity index (χ1) is 16.3. The van der Waals surface area contributed by atoms with Crippen LogP contribution in [-0.2, 0) is 23.8 Å². The van der Waals surface area contributed by atoms with Crippen LogP contribution in [0.15, 0.2) is 0 Å². The third-order valence-corrected chi connectivity index (χ3v) is 7.35. The van der Waals surface area contributed by atoms with Gasteiger partial charge < -0.3 is 9.47 Å². The van der Waals surface area contributed by atoms with E-state index in [1.807, 2.05) is 0 Å². The Morgan fingerprint density at radius 3 is 1.56 bits per heavy atom. The van der Waals surface area contributed by atoms with Gasteiger partial charge in [0.15, 0.2) is 0 Å². The molecule has 0 N–H and O–H groups in total. The van der Waals surface area contributed by atoms with Gasteiger partial charge in [-0.1, -0.05) is 103 Å². The van der Waals surface area contributed by atoms with Gasteiger partial charge in [0.25, 0.3) is 0 Å². The van der Waals surface area contributed by atoms with Crippen LogP contribution in [-0.4, -0.2) is 46.0 Å². The minimum atomic E-state index is -5.56. The lowest BCUT2D eigenvalue weighted by molar-refractivity contribution is -0.0613. The second kappa shape index (κ2) is 18.8. The molecule has 1 fully saturated rings. The molecule has 2 atom stereocenters. The van der Waals surface area contributed by atoms with Crippen molar-refractivity contribution in [2.45, 2.75) is 140 Å². The summed E-state index contributed by atoms with van der Waals surface area (Å²) in [5.74, 6) is 0. The fraction of sp³-hybridized carbons (Fsp3) is 1.00. The largest absolute Gasteiger partial charge is 0.523 e. The summed E-state index contributed by atoms with van der Waals surface area (Å²) in [6, 6.07) is 0. The van der Waals surface area contributed by atoms with Crippen LogP contribution >= 0.6 is 0 Å². The molecule has 0 unspecified atom stereocenters. The Balaban J connectivity index is 1.83. The Morgan fingerprint density at radius 1 is 0.706 bits per heavy atom. The van der Waals surface area contributed by atoms with Gasteiger partial charge in [-0.25, -0.2) is 0 Å². The van der Waals surface area contributed by atoms with E-state index in [-0.39, 0.29) is 6.10 Å². The van der Waals surface area contributed by atoms with Crippen molar-refractivity contribution >= 4 is 10.1 Å². The van der Waals surface area contributed by atoms with Crippen LogP contribution in [0.4, 0.5) is 13.2 Å². The molecule has 0 aromatic carbocycles. The topological polar surface area (TPSA) is 61.8 Å². The first kappa shape index (κ1) is 31.6. The van der Waals surface area contributed by atoms with Gasteiger partial charge in [0, 0.05) is 6.61 Å². The minimum absolute atomic E-state index is 0.219. The van der Waals surface area contributed by atoms with Gasteiger partial charge in [0.05, 0.1) is 25.4 Å². The van der Waals surface area contributed by atoms with E-state index in [4.69, 9.17) is 9.47 Å². The van der Waals surface area contributed by atoms with E-state index in [1.165, 1.54) is 89.9 Å². The lowest BCUT2D eigenvalue weighted by atomic mass is 10.0.